The molecule has 0 aromatic carbocycles. The van der Waals surface area contributed by atoms with Crippen LogP contribution in [-0.4, -0.2) is 69.5 Å². The lowest BCUT2D eigenvalue weighted by molar-refractivity contribution is -0.134. The van der Waals surface area contributed by atoms with Crippen molar-refractivity contribution >= 4 is 11.8 Å². The van der Waals surface area contributed by atoms with Crippen molar-refractivity contribution in [1.29, 1.82) is 0 Å². The molecule has 2 aromatic rings. The third-order valence-corrected chi connectivity index (χ3v) is 6.03. The molecule has 2 amide bonds. The molecule has 10 nitrogen and oxygen atoms in total. The molecule has 0 bridgehead atoms. The molecule has 3 heterocycles. The zero-order valence-corrected chi connectivity index (χ0v) is 16.9. The molecule has 2 fully saturated rings. The first-order chi connectivity index (χ1) is 14.0. The summed E-state index contributed by atoms with van der Waals surface area (Å²) in [6.07, 6.45) is 3.01. The Balaban J connectivity index is 1.54. The van der Waals surface area contributed by atoms with E-state index in [1.165, 1.54) is 7.11 Å². The van der Waals surface area contributed by atoms with Crippen LogP contribution in [0.5, 0.6) is 0 Å². The van der Waals surface area contributed by atoms with Crippen LogP contribution in [0.1, 0.15) is 42.0 Å². The second-order valence-electron chi connectivity index (χ2n) is 7.85. The van der Waals surface area contributed by atoms with Gasteiger partial charge in [0, 0.05) is 39.0 Å². The molecule has 29 heavy (non-hydrogen) atoms. The number of nitrogens with one attached hydrogen (secondary N) is 1. The highest BCUT2D eigenvalue weighted by molar-refractivity contribution is 5.92. The Hall–Kier alpha value is -2.75. The summed E-state index contributed by atoms with van der Waals surface area (Å²) in [5, 5.41) is 11.3. The van der Waals surface area contributed by atoms with Crippen LogP contribution in [-0.2, 0) is 21.5 Å². The molecule has 4 rings (SSSR count). The van der Waals surface area contributed by atoms with Crippen molar-refractivity contribution in [2.24, 2.45) is 5.92 Å². The van der Waals surface area contributed by atoms with E-state index in [-0.39, 0.29) is 30.4 Å². The molecule has 1 saturated heterocycles. The van der Waals surface area contributed by atoms with Crippen LogP contribution in [0.2, 0.25) is 0 Å². The fourth-order valence-electron chi connectivity index (χ4n) is 4.75. The van der Waals surface area contributed by atoms with Crippen molar-refractivity contribution in [3.63, 3.8) is 0 Å². The van der Waals surface area contributed by atoms with E-state index in [1.54, 1.807) is 28.8 Å². The molecular weight excluding hydrogens is 376 g/mol. The van der Waals surface area contributed by atoms with Gasteiger partial charge in [0.2, 0.25) is 11.8 Å². The van der Waals surface area contributed by atoms with Gasteiger partial charge in [0.05, 0.1) is 5.41 Å². The van der Waals surface area contributed by atoms with E-state index in [0.29, 0.717) is 43.5 Å². The van der Waals surface area contributed by atoms with Gasteiger partial charge >= 0.3 is 0 Å². The van der Waals surface area contributed by atoms with E-state index in [4.69, 9.17) is 9.26 Å². The first-order valence-corrected chi connectivity index (χ1v) is 9.87. The van der Waals surface area contributed by atoms with Crippen LogP contribution >= 0.6 is 0 Å². The number of hydrogen-bond acceptors (Lipinski definition) is 7. The van der Waals surface area contributed by atoms with E-state index >= 15 is 0 Å². The molecule has 10 heteroatoms. The van der Waals surface area contributed by atoms with Gasteiger partial charge in [0.25, 0.3) is 5.91 Å². The van der Waals surface area contributed by atoms with Gasteiger partial charge in [-0.15, -0.1) is 0 Å². The molecule has 1 aliphatic carbocycles. The van der Waals surface area contributed by atoms with E-state index in [9.17, 15) is 9.59 Å². The molecule has 2 aliphatic rings. The van der Waals surface area contributed by atoms with Crippen molar-refractivity contribution in [2.45, 2.75) is 44.7 Å². The summed E-state index contributed by atoms with van der Waals surface area (Å²) >= 11 is 0. The highest BCUT2D eigenvalue weighted by atomic mass is 16.5. The van der Waals surface area contributed by atoms with E-state index < -0.39 is 5.41 Å². The third kappa shape index (κ3) is 3.41. The zero-order chi connectivity index (χ0) is 20.6. The van der Waals surface area contributed by atoms with Gasteiger partial charge in [-0.2, -0.15) is 10.1 Å². The maximum Gasteiger partial charge on any atom is 0.269 e. The first-order valence-electron chi connectivity index (χ1n) is 9.87. The number of ether oxygens (including phenoxy) is 1. The zero-order valence-electron chi connectivity index (χ0n) is 16.9. The van der Waals surface area contributed by atoms with E-state index in [0.717, 1.165) is 6.42 Å². The Bertz CT molecular complexity index is 908. The van der Waals surface area contributed by atoms with Crippen LogP contribution in [0, 0.1) is 12.8 Å². The van der Waals surface area contributed by atoms with Gasteiger partial charge in [-0.1, -0.05) is 5.16 Å². The lowest BCUT2D eigenvalue weighted by atomic mass is 9.80. The summed E-state index contributed by atoms with van der Waals surface area (Å²) in [5.74, 6) is 1.05. The second-order valence-corrected chi connectivity index (χ2v) is 7.85. The number of amides is 2. The maximum atomic E-state index is 12.8. The molecule has 1 N–H and O–H groups in total. The fraction of sp³-hybridized carbons (Fsp3) is 0.632. The van der Waals surface area contributed by atoms with Gasteiger partial charge in [0.1, 0.15) is 12.3 Å². The number of likely N-dealkylation sites (tertiary alicyclic amines) is 1. The summed E-state index contributed by atoms with van der Waals surface area (Å²) < 4.78 is 12.2. The van der Waals surface area contributed by atoms with Crippen molar-refractivity contribution in [1.82, 2.24) is 30.1 Å². The molecule has 1 aliphatic heterocycles. The van der Waals surface area contributed by atoms with Crippen molar-refractivity contribution in [2.75, 3.05) is 26.8 Å². The van der Waals surface area contributed by atoms with Gasteiger partial charge in [-0.05, 0) is 38.7 Å². The Labute approximate surface area is 168 Å². The maximum absolute atomic E-state index is 12.8. The Kier molecular flexibility index (Phi) is 5.12. The van der Waals surface area contributed by atoms with Crippen molar-refractivity contribution in [3.8, 4) is 0 Å². The number of rotatable bonds is 6. The number of aryl methyl sites for hydroxylation is 2. The fourth-order valence-corrected chi connectivity index (χ4v) is 4.75. The molecule has 0 spiro atoms. The Morgan fingerprint density at radius 2 is 2.28 bits per heavy atom. The normalized spacial score (nSPS) is 26.0. The number of methoxy groups -OCH3 is 1. The van der Waals surface area contributed by atoms with Crippen LogP contribution in [0.25, 0.3) is 0 Å². The van der Waals surface area contributed by atoms with E-state index in [1.807, 2.05) is 6.92 Å². The second kappa shape index (κ2) is 7.58. The summed E-state index contributed by atoms with van der Waals surface area (Å²) in [6.45, 7) is 5.48. The first kappa shape index (κ1) is 19.6. The van der Waals surface area contributed by atoms with Gasteiger partial charge in [-0.25, -0.2) is 0 Å². The molecule has 0 radical (unpaired) electrons. The number of carbonyl (C=O) groups excluding carboxylic acids is 2. The lowest BCUT2D eigenvalue weighted by Crippen LogP contribution is -2.40. The van der Waals surface area contributed by atoms with Crippen LogP contribution in [0.3, 0.4) is 0 Å². The molecular formula is C19H26N6O4. The molecule has 2 aromatic heterocycles. The van der Waals surface area contributed by atoms with Crippen LogP contribution < -0.4 is 5.32 Å². The Morgan fingerprint density at radius 1 is 1.45 bits per heavy atom. The minimum Gasteiger partial charge on any atom is -0.375 e. The van der Waals surface area contributed by atoms with Gasteiger partial charge < -0.3 is 19.5 Å². The molecule has 156 valence electrons. The number of carbonyl (C=O) groups is 2. The quantitative estimate of drug-likeness (QED) is 0.749. The predicted molar refractivity (Wildman–Crippen MR) is 101 cm³/mol. The van der Waals surface area contributed by atoms with Gasteiger partial charge in [0.15, 0.2) is 5.82 Å². The molecule has 3 atom stereocenters. The number of nitrogens with zero attached hydrogens (tertiary/aromatic N) is 5. The van der Waals surface area contributed by atoms with E-state index in [2.05, 4.69) is 20.6 Å². The molecule has 1 unspecified atom stereocenters. The average Bonchev–Trinajstić information content (AvgIpc) is 3.43. The smallest absolute Gasteiger partial charge is 0.269 e. The highest BCUT2D eigenvalue weighted by Gasteiger charge is 2.58. The average molecular weight is 402 g/mol. The van der Waals surface area contributed by atoms with Crippen molar-refractivity contribution < 1.29 is 18.8 Å². The lowest BCUT2D eigenvalue weighted by Gasteiger charge is -2.25. The highest BCUT2D eigenvalue weighted by Crippen LogP contribution is 2.50. The minimum atomic E-state index is -0.451. The minimum absolute atomic E-state index is 0.0420. The summed E-state index contributed by atoms with van der Waals surface area (Å²) in [4.78, 5) is 31.4. The monoisotopic (exact) mass is 402 g/mol. The SMILES string of the molecule is CCn1nccc1C(=O)N[C@@H]1CC2CN(C(=O)COC)C[C@@]2(c2nc(C)no2)C1. The van der Waals surface area contributed by atoms with Crippen LogP contribution in [0.4, 0.5) is 0 Å². The number of hydrogen-bond donors (Lipinski definition) is 1. The predicted octanol–water partition coefficient (Wildman–Crippen LogP) is 0.529. The van der Waals surface area contributed by atoms with Gasteiger partial charge in [-0.3, -0.25) is 14.3 Å². The summed E-state index contributed by atoms with van der Waals surface area (Å²) in [5.41, 5.74) is 0.0947. The molecule has 1 saturated carbocycles. The Morgan fingerprint density at radius 3 is 2.97 bits per heavy atom. The van der Waals surface area contributed by atoms with Crippen LogP contribution in [0.15, 0.2) is 16.8 Å². The standard InChI is InChI=1S/C19H26N6O4/c1-4-25-15(5-6-20-25)17(27)22-14-7-13-9-24(16(26)10-28-3)11-19(13,8-14)18-21-12(2)23-29-18/h5-6,13-14H,4,7-11H2,1-3H3,(H,22,27)/t13?,14-,19+/m1/s1. The number of aromatic nitrogens is 4. The topological polar surface area (TPSA) is 115 Å². The summed E-state index contributed by atoms with van der Waals surface area (Å²) in [7, 11) is 1.51. The third-order valence-electron chi connectivity index (χ3n) is 6.03. The largest absolute Gasteiger partial charge is 0.375 e. The summed E-state index contributed by atoms with van der Waals surface area (Å²) in [6, 6.07) is 1.68. The number of fused-ring (bicyclic) bond motifs is 1. The van der Waals surface area contributed by atoms with Crippen molar-refractivity contribution in [3.05, 3.63) is 29.7 Å².